The van der Waals surface area contributed by atoms with E-state index in [1.165, 1.54) is 32.2 Å². The van der Waals surface area contributed by atoms with E-state index in [1.807, 2.05) is 0 Å². The van der Waals surface area contributed by atoms with Gasteiger partial charge in [-0.15, -0.1) is 0 Å². The zero-order chi connectivity index (χ0) is 13.9. The summed E-state index contributed by atoms with van der Waals surface area (Å²) in [6.45, 7) is 7.10. The molecule has 0 aliphatic carbocycles. The first kappa shape index (κ1) is 14.3. The number of ether oxygens (including phenoxy) is 1. The van der Waals surface area contributed by atoms with E-state index in [0.717, 1.165) is 39.1 Å². The molecule has 3 rings (SSSR count). The van der Waals surface area contributed by atoms with Crippen LogP contribution in [0.25, 0.3) is 0 Å². The van der Waals surface area contributed by atoms with Crippen LogP contribution in [0.4, 0.5) is 0 Å². The Morgan fingerprint density at radius 1 is 1.05 bits per heavy atom. The summed E-state index contributed by atoms with van der Waals surface area (Å²) in [6.07, 6.45) is 6.81. The van der Waals surface area contributed by atoms with Crippen LogP contribution >= 0.6 is 0 Å². The second-order valence-electron chi connectivity index (χ2n) is 6.47. The standard InChI is InChI=1S/C16H28N2O2/c1-2-17-9-3-5-14(17)15-6-4-10-18(15)16(19)13-7-11-20-12-8-13/h13-15H,2-12H2,1H3/t14-,15+/m1/s1. The van der Waals surface area contributed by atoms with Gasteiger partial charge in [-0.1, -0.05) is 6.92 Å². The van der Waals surface area contributed by atoms with Crippen molar-refractivity contribution in [2.45, 2.75) is 57.5 Å². The van der Waals surface area contributed by atoms with Crippen molar-refractivity contribution in [3.63, 3.8) is 0 Å². The van der Waals surface area contributed by atoms with E-state index in [4.69, 9.17) is 4.74 Å². The maximum atomic E-state index is 12.8. The number of carbonyl (C=O) groups excluding carboxylic acids is 1. The summed E-state index contributed by atoms with van der Waals surface area (Å²) < 4.78 is 5.39. The lowest BCUT2D eigenvalue weighted by Gasteiger charge is -2.36. The van der Waals surface area contributed by atoms with E-state index in [2.05, 4.69) is 16.7 Å². The van der Waals surface area contributed by atoms with Crippen LogP contribution in [0.3, 0.4) is 0 Å². The Hall–Kier alpha value is -0.610. The van der Waals surface area contributed by atoms with E-state index < -0.39 is 0 Å². The molecule has 3 fully saturated rings. The smallest absolute Gasteiger partial charge is 0.226 e. The molecule has 3 aliphatic rings. The Morgan fingerprint density at radius 2 is 1.75 bits per heavy atom. The van der Waals surface area contributed by atoms with Crippen molar-refractivity contribution in [1.82, 2.24) is 9.80 Å². The van der Waals surface area contributed by atoms with Crippen molar-refractivity contribution in [1.29, 1.82) is 0 Å². The topological polar surface area (TPSA) is 32.8 Å². The van der Waals surface area contributed by atoms with Gasteiger partial charge in [-0.05, 0) is 51.6 Å². The first-order valence-electron chi connectivity index (χ1n) is 8.43. The van der Waals surface area contributed by atoms with Gasteiger partial charge in [0.2, 0.25) is 5.91 Å². The molecule has 0 radical (unpaired) electrons. The maximum absolute atomic E-state index is 12.8. The van der Waals surface area contributed by atoms with Gasteiger partial charge in [0, 0.05) is 37.8 Å². The van der Waals surface area contributed by atoms with Crippen LogP contribution in [-0.2, 0) is 9.53 Å². The first-order chi connectivity index (χ1) is 9.81. The molecule has 0 saturated carbocycles. The Labute approximate surface area is 122 Å². The highest BCUT2D eigenvalue weighted by Crippen LogP contribution is 2.32. The fraction of sp³-hybridized carbons (Fsp3) is 0.938. The second kappa shape index (κ2) is 6.44. The summed E-state index contributed by atoms with van der Waals surface area (Å²) in [5, 5.41) is 0. The molecule has 0 aromatic carbocycles. The maximum Gasteiger partial charge on any atom is 0.226 e. The van der Waals surface area contributed by atoms with Gasteiger partial charge >= 0.3 is 0 Å². The number of hydrogen-bond donors (Lipinski definition) is 0. The third-order valence-corrected chi connectivity index (χ3v) is 5.42. The predicted octanol–water partition coefficient (Wildman–Crippen LogP) is 1.89. The molecule has 0 unspecified atom stereocenters. The lowest BCUT2D eigenvalue weighted by Crippen LogP contribution is -2.50. The van der Waals surface area contributed by atoms with Gasteiger partial charge in [-0.2, -0.15) is 0 Å². The number of likely N-dealkylation sites (N-methyl/N-ethyl adjacent to an activating group) is 1. The zero-order valence-corrected chi connectivity index (χ0v) is 12.7. The molecule has 4 nitrogen and oxygen atoms in total. The second-order valence-corrected chi connectivity index (χ2v) is 6.47. The number of hydrogen-bond acceptors (Lipinski definition) is 3. The number of carbonyl (C=O) groups is 1. The van der Waals surface area contributed by atoms with Crippen molar-refractivity contribution in [2.75, 3.05) is 32.8 Å². The summed E-state index contributed by atoms with van der Waals surface area (Å²) in [6, 6.07) is 1.10. The van der Waals surface area contributed by atoms with Gasteiger partial charge in [0.05, 0.1) is 0 Å². The van der Waals surface area contributed by atoms with Crippen molar-refractivity contribution in [2.24, 2.45) is 5.92 Å². The number of amides is 1. The minimum Gasteiger partial charge on any atom is -0.381 e. The number of nitrogens with zero attached hydrogens (tertiary/aromatic N) is 2. The minimum absolute atomic E-state index is 0.223. The Morgan fingerprint density at radius 3 is 2.50 bits per heavy atom. The molecule has 0 bridgehead atoms. The SMILES string of the molecule is CCN1CCC[C@@H]1[C@@H]1CCCN1C(=O)C1CCOCC1. The molecule has 0 aromatic rings. The molecule has 1 amide bonds. The van der Waals surface area contributed by atoms with Crippen LogP contribution < -0.4 is 0 Å². The molecule has 0 N–H and O–H groups in total. The average molecular weight is 280 g/mol. The molecule has 114 valence electrons. The molecule has 3 saturated heterocycles. The van der Waals surface area contributed by atoms with E-state index in [1.54, 1.807) is 0 Å². The van der Waals surface area contributed by atoms with Crippen molar-refractivity contribution >= 4 is 5.91 Å². The molecular weight excluding hydrogens is 252 g/mol. The van der Waals surface area contributed by atoms with Gasteiger partial charge in [0.1, 0.15) is 0 Å². The molecule has 20 heavy (non-hydrogen) atoms. The summed E-state index contributed by atoms with van der Waals surface area (Å²) in [7, 11) is 0. The molecular formula is C16H28N2O2. The summed E-state index contributed by atoms with van der Waals surface area (Å²) in [5.41, 5.74) is 0. The van der Waals surface area contributed by atoms with Crippen LogP contribution in [0.2, 0.25) is 0 Å². The van der Waals surface area contributed by atoms with Crippen molar-refractivity contribution in [3.05, 3.63) is 0 Å². The zero-order valence-electron chi connectivity index (χ0n) is 12.7. The third-order valence-electron chi connectivity index (χ3n) is 5.42. The fourth-order valence-corrected chi connectivity index (χ4v) is 4.33. The highest BCUT2D eigenvalue weighted by atomic mass is 16.5. The van der Waals surface area contributed by atoms with Crippen LogP contribution in [0.15, 0.2) is 0 Å². The lowest BCUT2D eigenvalue weighted by atomic mass is 9.96. The van der Waals surface area contributed by atoms with Crippen molar-refractivity contribution < 1.29 is 9.53 Å². The van der Waals surface area contributed by atoms with Crippen molar-refractivity contribution in [3.8, 4) is 0 Å². The Kier molecular flexibility index (Phi) is 4.61. The quantitative estimate of drug-likeness (QED) is 0.791. The van der Waals surface area contributed by atoms with Crippen LogP contribution in [0.5, 0.6) is 0 Å². The molecule has 4 heteroatoms. The van der Waals surface area contributed by atoms with Gasteiger partial charge in [0.15, 0.2) is 0 Å². The highest BCUT2D eigenvalue weighted by Gasteiger charge is 2.40. The largest absolute Gasteiger partial charge is 0.381 e. The van der Waals surface area contributed by atoms with E-state index in [0.29, 0.717) is 18.0 Å². The van der Waals surface area contributed by atoms with Gasteiger partial charge < -0.3 is 9.64 Å². The van der Waals surface area contributed by atoms with E-state index in [-0.39, 0.29) is 5.92 Å². The minimum atomic E-state index is 0.223. The summed E-state index contributed by atoms with van der Waals surface area (Å²) >= 11 is 0. The van der Waals surface area contributed by atoms with Gasteiger partial charge in [-0.3, -0.25) is 9.69 Å². The fourth-order valence-electron chi connectivity index (χ4n) is 4.33. The van der Waals surface area contributed by atoms with E-state index >= 15 is 0 Å². The number of likely N-dealkylation sites (tertiary alicyclic amines) is 2. The summed E-state index contributed by atoms with van der Waals surface area (Å²) in [4.78, 5) is 17.6. The van der Waals surface area contributed by atoms with Crippen LogP contribution in [-0.4, -0.2) is 60.6 Å². The Balaban J connectivity index is 1.66. The molecule has 3 aliphatic heterocycles. The van der Waals surface area contributed by atoms with Gasteiger partial charge in [0.25, 0.3) is 0 Å². The van der Waals surface area contributed by atoms with Crippen LogP contribution in [0, 0.1) is 5.92 Å². The monoisotopic (exact) mass is 280 g/mol. The molecule has 2 atom stereocenters. The lowest BCUT2D eigenvalue weighted by molar-refractivity contribution is -0.140. The van der Waals surface area contributed by atoms with Gasteiger partial charge in [-0.25, -0.2) is 0 Å². The highest BCUT2D eigenvalue weighted by molar-refractivity contribution is 5.79. The predicted molar refractivity (Wildman–Crippen MR) is 78.5 cm³/mol. The summed E-state index contributed by atoms with van der Waals surface area (Å²) in [5.74, 6) is 0.639. The van der Waals surface area contributed by atoms with Crippen LogP contribution in [0.1, 0.15) is 45.4 Å². The third kappa shape index (κ3) is 2.73. The van der Waals surface area contributed by atoms with E-state index in [9.17, 15) is 4.79 Å². The number of rotatable bonds is 3. The molecule has 3 heterocycles. The normalized spacial score (nSPS) is 33.0. The molecule has 0 aromatic heterocycles. The average Bonchev–Trinajstić information content (AvgIpc) is 3.15. The first-order valence-corrected chi connectivity index (χ1v) is 8.43. The Bertz CT molecular complexity index is 341. The molecule has 0 spiro atoms.